The van der Waals surface area contributed by atoms with Crippen LogP contribution >= 0.6 is 0 Å². The minimum Gasteiger partial charge on any atom is -0.449 e. The van der Waals surface area contributed by atoms with Gasteiger partial charge in [-0.05, 0) is 32.0 Å². The predicted molar refractivity (Wildman–Crippen MR) is 93.1 cm³/mol. The largest absolute Gasteiger partial charge is 0.449 e. The average Bonchev–Trinajstić information content (AvgIpc) is 2.61. The molecule has 0 saturated carbocycles. The van der Waals surface area contributed by atoms with Crippen molar-refractivity contribution in [3.63, 3.8) is 0 Å². The van der Waals surface area contributed by atoms with Crippen molar-refractivity contribution < 1.29 is 24.0 Å². The molecule has 1 atom stereocenters. The van der Waals surface area contributed by atoms with Crippen molar-refractivity contribution in [3.8, 4) is 0 Å². The Morgan fingerprint density at radius 3 is 2.46 bits per heavy atom. The highest BCUT2D eigenvalue weighted by molar-refractivity contribution is 6.00. The van der Waals surface area contributed by atoms with Gasteiger partial charge in [-0.25, -0.2) is 4.79 Å². The molecule has 8 nitrogen and oxygen atoms in total. The Morgan fingerprint density at radius 2 is 1.81 bits per heavy atom. The molecule has 0 aliphatic heterocycles. The van der Waals surface area contributed by atoms with Crippen molar-refractivity contribution in [2.45, 2.75) is 20.0 Å². The molecule has 0 bridgehead atoms. The van der Waals surface area contributed by atoms with Crippen LogP contribution in [0.1, 0.15) is 34.6 Å². The summed E-state index contributed by atoms with van der Waals surface area (Å²) < 4.78 is 5.02. The summed E-state index contributed by atoms with van der Waals surface area (Å²) in [6.45, 7) is 2.74. The zero-order valence-corrected chi connectivity index (χ0v) is 14.1. The summed E-state index contributed by atoms with van der Waals surface area (Å²) in [6.07, 6.45) is -1.19. The third-order valence-corrected chi connectivity index (χ3v) is 3.51. The SMILES string of the molecule is CC(=O)c1cccc(NC(=O)C(C)OC(=O)c2ccccc2[N+](=O)[O-])c1. The lowest BCUT2D eigenvalue weighted by Gasteiger charge is -2.14. The third-order valence-electron chi connectivity index (χ3n) is 3.51. The Balaban J connectivity index is 2.07. The van der Waals surface area contributed by atoms with E-state index in [0.717, 1.165) is 0 Å². The van der Waals surface area contributed by atoms with Crippen LogP contribution in [0.3, 0.4) is 0 Å². The van der Waals surface area contributed by atoms with Gasteiger partial charge in [0.1, 0.15) is 5.56 Å². The standard InChI is InChI=1S/C18H16N2O6/c1-11(21)13-6-5-7-14(10-13)19-17(22)12(2)26-18(23)15-8-3-4-9-16(15)20(24)25/h3-10,12H,1-2H3,(H,19,22). The fourth-order valence-electron chi connectivity index (χ4n) is 2.14. The number of amides is 1. The van der Waals surface area contributed by atoms with Gasteiger partial charge in [-0.2, -0.15) is 0 Å². The molecule has 1 unspecified atom stereocenters. The number of Topliss-reactive ketones (excluding diaryl/α,β-unsaturated/α-hetero) is 1. The van der Waals surface area contributed by atoms with Crippen molar-refractivity contribution in [3.05, 3.63) is 69.8 Å². The van der Waals surface area contributed by atoms with Crippen molar-refractivity contribution in [1.82, 2.24) is 0 Å². The summed E-state index contributed by atoms with van der Waals surface area (Å²) >= 11 is 0. The molecule has 26 heavy (non-hydrogen) atoms. The van der Waals surface area contributed by atoms with E-state index < -0.39 is 28.6 Å². The monoisotopic (exact) mass is 356 g/mol. The number of nitrogens with one attached hydrogen (secondary N) is 1. The molecule has 1 amide bonds. The Kier molecular flexibility index (Phi) is 5.79. The van der Waals surface area contributed by atoms with E-state index in [-0.39, 0.29) is 11.3 Å². The van der Waals surface area contributed by atoms with Crippen LogP contribution in [0.15, 0.2) is 48.5 Å². The summed E-state index contributed by atoms with van der Waals surface area (Å²) in [5.74, 6) is -1.76. The van der Waals surface area contributed by atoms with E-state index in [2.05, 4.69) is 5.32 Å². The van der Waals surface area contributed by atoms with Crippen LogP contribution in [0, 0.1) is 10.1 Å². The number of anilines is 1. The first-order chi connectivity index (χ1) is 12.3. The zero-order valence-electron chi connectivity index (χ0n) is 14.1. The number of carbonyl (C=O) groups excluding carboxylic acids is 3. The molecule has 0 spiro atoms. The molecular weight excluding hydrogens is 340 g/mol. The van der Waals surface area contributed by atoms with Crippen LogP contribution in [0.5, 0.6) is 0 Å². The van der Waals surface area contributed by atoms with Crippen LogP contribution in [0.25, 0.3) is 0 Å². The molecule has 0 aliphatic carbocycles. The van der Waals surface area contributed by atoms with Crippen LogP contribution in [-0.4, -0.2) is 28.7 Å². The number of carbonyl (C=O) groups is 3. The van der Waals surface area contributed by atoms with Crippen molar-refractivity contribution >= 4 is 29.0 Å². The number of benzene rings is 2. The Morgan fingerprint density at radius 1 is 1.12 bits per heavy atom. The topological polar surface area (TPSA) is 116 Å². The molecule has 0 aliphatic rings. The second-order valence-corrected chi connectivity index (χ2v) is 5.45. The summed E-state index contributed by atoms with van der Waals surface area (Å²) in [5.41, 5.74) is 0.152. The van der Waals surface area contributed by atoms with Gasteiger partial charge in [-0.3, -0.25) is 19.7 Å². The Labute approximate surface area is 148 Å². The van der Waals surface area contributed by atoms with Crippen LogP contribution in [-0.2, 0) is 9.53 Å². The van der Waals surface area contributed by atoms with Crippen molar-refractivity contribution in [2.24, 2.45) is 0 Å². The van der Waals surface area contributed by atoms with Crippen molar-refractivity contribution in [2.75, 3.05) is 5.32 Å². The van der Waals surface area contributed by atoms with Crippen LogP contribution < -0.4 is 5.32 Å². The maximum atomic E-state index is 12.2. The number of hydrogen-bond donors (Lipinski definition) is 1. The first-order valence-electron chi connectivity index (χ1n) is 7.66. The van der Waals surface area contributed by atoms with Gasteiger partial charge >= 0.3 is 5.97 Å². The molecule has 8 heteroatoms. The molecular formula is C18H16N2O6. The maximum absolute atomic E-state index is 12.2. The molecule has 0 fully saturated rings. The van der Waals surface area contributed by atoms with Crippen LogP contribution in [0.4, 0.5) is 11.4 Å². The van der Waals surface area contributed by atoms with Gasteiger partial charge in [0.05, 0.1) is 4.92 Å². The Bertz CT molecular complexity index is 877. The predicted octanol–water partition coefficient (Wildman–Crippen LogP) is 2.98. The number of nitrogens with zero attached hydrogens (tertiary/aromatic N) is 1. The van der Waals surface area contributed by atoms with Gasteiger partial charge < -0.3 is 10.1 Å². The van der Waals surface area contributed by atoms with Gasteiger partial charge in [0, 0.05) is 17.3 Å². The molecule has 2 aromatic rings. The summed E-state index contributed by atoms with van der Waals surface area (Å²) in [4.78, 5) is 45.9. The van der Waals surface area contributed by atoms with Gasteiger partial charge in [-0.1, -0.05) is 24.3 Å². The number of ether oxygens (including phenoxy) is 1. The summed E-state index contributed by atoms with van der Waals surface area (Å²) in [7, 11) is 0. The fraction of sp³-hybridized carbons (Fsp3) is 0.167. The quantitative estimate of drug-likeness (QED) is 0.368. The van der Waals surface area contributed by atoms with E-state index in [4.69, 9.17) is 4.74 Å². The van der Waals surface area contributed by atoms with Crippen molar-refractivity contribution in [1.29, 1.82) is 0 Å². The average molecular weight is 356 g/mol. The van der Waals surface area contributed by atoms with E-state index in [1.165, 1.54) is 44.2 Å². The normalized spacial score (nSPS) is 11.3. The van der Waals surface area contributed by atoms with Gasteiger partial charge in [-0.15, -0.1) is 0 Å². The molecule has 1 N–H and O–H groups in total. The highest BCUT2D eigenvalue weighted by Crippen LogP contribution is 2.19. The van der Waals surface area contributed by atoms with E-state index >= 15 is 0 Å². The number of esters is 1. The first kappa shape index (κ1) is 18.8. The smallest absolute Gasteiger partial charge is 0.345 e. The van der Waals surface area contributed by atoms with E-state index in [0.29, 0.717) is 11.3 Å². The molecule has 0 radical (unpaired) electrons. The summed E-state index contributed by atoms with van der Waals surface area (Å²) in [6, 6.07) is 11.6. The number of nitro groups is 1. The number of rotatable bonds is 6. The zero-order chi connectivity index (χ0) is 19.3. The summed E-state index contributed by atoms with van der Waals surface area (Å²) in [5, 5.41) is 13.5. The van der Waals surface area contributed by atoms with E-state index in [9.17, 15) is 24.5 Å². The maximum Gasteiger partial charge on any atom is 0.345 e. The molecule has 2 rings (SSSR count). The first-order valence-corrected chi connectivity index (χ1v) is 7.66. The minimum absolute atomic E-state index is 0.156. The second-order valence-electron chi connectivity index (χ2n) is 5.45. The van der Waals surface area contributed by atoms with Gasteiger partial charge in [0.2, 0.25) is 0 Å². The number of hydrogen-bond acceptors (Lipinski definition) is 6. The highest BCUT2D eigenvalue weighted by atomic mass is 16.6. The Hall–Kier alpha value is -3.55. The molecule has 0 saturated heterocycles. The number of ketones is 1. The number of para-hydroxylation sites is 1. The van der Waals surface area contributed by atoms with E-state index in [1.54, 1.807) is 18.2 Å². The lowest BCUT2D eigenvalue weighted by Crippen LogP contribution is -2.30. The number of nitro benzene ring substituents is 1. The van der Waals surface area contributed by atoms with Gasteiger partial charge in [0.25, 0.3) is 11.6 Å². The molecule has 0 heterocycles. The second kappa shape index (κ2) is 8.02. The fourth-order valence-corrected chi connectivity index (χ4v) is 2.14. The van der Waals surface area contributed by atoms with Crippen LogP contribution in [0.2, 0.25) is 0 Å². The van der Waals surface area contributed by atoms with Gasteiger partial charge in [0.15, 0.2) is 11.9 Å². The lowest BCUT2D eigenvalue weighted by molar-refractivity contribution is -0.385. The molecule has 0 aromatic heterocycles. The third kappa shape index (κ3) is 4.50. The molecule has 134 valence electrons. The highest BCUT2D eigenvalue weighted by Gasteiger charge is 2.25. The minimum atomic E-state index is -1.19. The van der Waals surface area contributed by atoms with E-state index in [1.807, 2.05) is 0 Å². The molecule has 2 aromatic carbocycles. The lowest BCUT2D eigenvalue weighted by atomic mass is 10.1.